The molecule has 0 N–H and O–H groups in total. The zero-order chi connectivity index (χ0) is 19.5. The number of hydrogen-bond donors (Lipinski definition) is 0. The molecule has 142 valence electrons. The molecule has 0 aliphatic heterocycles. The first-order valence-corrected chi connectivity index (χ1v) is 9.71. The zero-order valence-corrected chi connectivity index (χ0v) is 16.4. The topological polar surface area (TPSA) is 70.8 Å². The van der Waals surface area contributed by atoms with Gasteiger partial charge in [0.05, 0.1) is 24.7 Å². The Labute approximate surface area is 166 Å². The average Bonchev–Trinajstić information content (AvgIpc) is 3.17. The summed E-state index contributed by atoms with van der Waals surface area (Å²) in [5.41, 5.74) is 1.42. The van der Waals surface area contributed by atoms with Gasteiger partial charge in [-0.25, -0.2) is 0 Å². The van der Waals surface area contributed by atoms with E-state index in [1.165, 1.54) is 0 Å². The summed E-state index contributed by atoms with van der Waals surface area (Å²) in [4.78, 5) is 0.954. The van der Waals surface area contributed by atoms with E-state index in [-0.39, 0.29) is 0 Å². The number of para-hydroxylation sites is 1. The van der Waals surface area contributed by atoms with E-state index >= 15 is 0 Å². The number of fused-ring (bicyclic) bond motifs is 1. The monoisotopic (exact) mass is 394 g/mol. The number of benzene rings is 2. The van der Waals surface area contributed by atoms with Crippen molar-refractivity contribution in [2.75, 3.05) is 20.5 Å². The molecule has 4 rings (SSSR count). The van der Waals surface area contributed by atoms with Crippen LogP contribution in [0.2, 0.25) is 0 Å². The Hall–Kier alpha value is -3.26. The molecule has 7 nitrogen and oxygen atoms in total. The number of thioether (sulfide) groups is 1. The predicted octanol–water partition coefficient (Wildman–Crippen LogP) is 4.32. The molecule has 0 unspecified atom stereocenters. The molecule has 0 spiro atoms. The van der Waals surface area contributed by atoms with Gasteiger partial charge in [0.25, 0.3) is 0 Å². The number of methoxy groups -OCH3 is 2. The molecule has 0 aliphatic rings. The van der Waals surface area contributed by atoms with Gasteiger partial charge in [0.2, 0.25) is 5.88 Å². The van der Waals surface area contributed by atoms with Gasteiger partial charge in [-0.1, -0.05) is 12.1 Å². The maximum atomic E-state index is 6.03. The van der Waals surface area contributed by atoms with Crippen molar-refractivity contribution in [2.24, 2.45) is 0 Å². The number of rotatable bonds is 6. The van der Waals surface area contributed by atoms with Gasteiger partial charge in [-0.2, -0.15) is 4.52 Å². The van der Waals surface area contributed by atoms with Gasteiger partial charge < -0.3 is 14.2 Å². The first-order valence-electron chi connectivity index (χ1n) is 8.49. The zero-order valence-electron chi connectivity index (χ0n) is 15.6. The molecule has 0 saturated carbocycles. The lowest BCUT2D eigenvalue weighted by Crippen LogP contribution is -1.99. The van der Waals surface area contributed by atoms with E-state index in [0.717, 1.165) is 16.2 Å². The lowest BCUT2D eigenvalue weighted by molar-refractivity contribution is 0.407. The summed E-state index contributed by atoms with van der Waals surface area (Å²) in [5.74, 6) is 3.19. The molecule has 0 amide bonds. The van der Waals surface area contributed by atoms with Gasteiger partial charge in [0, 0.05) is 6.07 Å². The van der Waals surface area contributed by atoms with Crippen molar-refractivity contribution in [1.29, 1.82) is 0 Å². The minimum absolute atomic E-state index is 0.434. The second kappa shape index (κ2) is 7.77. The first kappa shape index (κ1) is 18.1. The highest BCUT2D eigenvalue weighted by Gasteiger charge is 2.15. The smallest absolute Gasteiger partial charge is 0.237 e. The second-order valence-electron chi connectivity index (χ2n) is 5.78. The van der Waals surface area contributed by atoms with Gasteiger partial charge in [-0.15, -0.1) is 27.1 Å². The predicted molar refractivity (Wildman–Crippen MR) is 108 cm³/mol. The summed E-state index contributed by atoms with van der Waals surface area (Å²) in [7, 11) is 3.26. The summed E-state index contributed by atoms with van der Waals surface area (Å²) < 4.78 is 18.4. The largest absolute Gasteiger partial charge is 0.497 e. The SMILES string of the molecule is COc1ccc(Oc2ccc3nnc(-c4ccccc4OC)n3n2)c(SC)c1. The molecule has 0 atom stereocenters. The first-order chi connectivity index (χ1) is 13.7. The van der Waals surface area contributed by atoms with Crippen molar-refractivity contribution in [3.05, 3.63) is 54.6 Å². The molecular weight excluding hydrogens is 376 g/mol. The third-order valence-corrected chi connectivity index (χ3v) is 4.93. The highest BCUT2D eigenvalue weighted by atomic mass is 32.2. The summed E-state index contributed by atoms with van der Waals surface area (Å²) in [6.45, 7) is 0. The van der Waals surface area contributed by atoms with Gasteiger partial charge >= 0.3 is 0 Å². The van der Waals surface area contributed by atoms with Crippen LogP contribution >= 0.6 is 11.8 Å². The van der Waals surface area contributed by atoms with Crippen molar-refractivity contribution in [2.45, 2.75) is 4.90 Å². The number of ether oxygens (including phenoxy) is 3. The van der Waals surface area contributed by atoms with Crippen LogP contribution in [-0.4, -0.2) is 40.3 Å². The quantitative estimate of drug-likeness (QED) is 0.451. The summed E-state index contributed by atoms with van der Waals surface area (Å²) in [6.07, 6.45) is 1.98. The highest BCUT2D eigenvalue weighted by molar-refractivity contribution is 7.98. The van der Waals surface area contributed by atoms with Crippen molar-refractivity contribution in [1.82, 2.24) is 19.8 Å². The molecule has 4 aromatic rings. The number of nitrogens with zero attached hydrogens (tertiary/aromatic N) is 4. The van der Waals surface area contributed by atoms with Crippen LogP contribution in [0.15, 0.2) is 59.5 Å². The average molecular weight is 394 g/mol. The molecule has 0 aliphatic carbocycles. The van der Waals surface area contributed by atoms with Gasteiger partial charge in [-0.05, 0) is 42.7 Å². The van der Waals surface area contributed by atoms with Crippen LogP contribution in [0, 0.1) is 0 Å². The van der Waals surface area contributed by atoms with E-state index in [4.69, 9.17) is 14.2 Å². The Kier molecular flexibility index (Phi) is 5.03. The van der Waals surface area contributed by atoms with Gasteiger partial charge in [-0.3, -0.25) is 0 Å². The van der Waals surface area contributed by atoms with Gasteiger partial charge in [0.1, 0.15) is 17.2 Å². The van der Waals surface area contributed by atoms with E-state index in [1.54, 1.807) is 36.6 Å². The van der Waals surface area contributed by atoms with Crippen molar-refractivity contribution in [3.63, 3.8) is 0 Å². The van der Waals surface area contributed by atoms with E-state index in [1.807, 2.05) is 54.8 Å². The molecule has 2 aromatic carbocycles. The van der Waals surface area contributed by atoms with Crippen LogP contribution in [0.3, 0.4) is 0 Å². The Morgan fingerprint density at radius 2 is 1.75 bits per heavy atom. The fourth-order valence-corrected chi connectivity index (χ4v) is 3.34. The van der Waals surface area contributed by atoms with Crippen molar-refractivity contribution >= 4 is 17.4 Å². The highest BCUT2D eigenvalue weighted by Crippen LogP contribution is 2.34. The minimum atomic E-state index is 0.434. The molecule has 0 bridgehead atoms. The number of aromatic nitrogens is 4. The lowest BCUT2D eigenvalue weighted by atomic mass is 10.2. The van der Waals surface area contributed by atoms with Crippen LogP contribution in [0.1, 0.15) is 0 Å². The van der Waals surface area contributed by atoms with Crippen LogP contribution in [-0.2, 0) is 0 Å². The maximum Gasteiger partial charge on any atom is 0.237 e. The molecule has 2 aromatic heterocycles. The Bertz CT molecular complexity index is 1130. The summed E-state index contributed by atoms with van der Waals surface area (Å²) in [5, 5.41) is 13.0. The fraction of sp³-hybridized carbons (Fsp3) is 0.150. The molecule has 0 fully saturated rings. The lowest BCUT2D eigenvalue weighted by Gasteiger charge is -2.11. The molecule has 0 radical (unpaired) electrons. The van der Waals surface area contributed by atoms with Crippen molar-refractivity contribution < 1.29 is 14.2 Å². The Balaban J connectivity index is 1.74. The Morgan fingerprint density at radius 1 is 0.893 bits per heavy atom. The molecule has 0 saturated heterocycles. The van der Waals surface area contributed by atoms with Crippen LogP contribution in [0.25, 0.3) is 17.0 Å². The normalized spacial score (nSPS) is 10.8. The minimum Gasteiger partial charge on any atom is -0.497 e. The third-order valence-electron chi connectivity index (χ3n) is 4.17. The summed E-state index contributed by atoms with van der Waals surface area (Å²) in [6, 6.07) is 16.8. The second-order valence-corrected chi connectivity index (χ2v) is 6.63. The van der Waals surface area contributed by atoms with Crippen LogP contribution in [0.5, 0.6) is 23.1 Å². The van der Waals surface area contributed by atoms with E-state index in [9.17, 15) is 0 Å². The molecular formula is C20H18N4O3S. The van der Waals surface area contributed by atoms with Gasteiger partial charge in [0.15, 0.2) is 11.5 Å². The van der Waals surface area contributed by atoms with E-state index in [2.05, 4.69) is 15.3 Å². The maximum absolute atomic E-state index is 6.03. The fourth-order valence-electron chi connectivity index (χ4n) is 2.80. The number of hydrogen-bond acceptors (Lipinski definition) is 7. The van der Waals surface area contributed by atoms with E-state index < -0.39 is 0 Å². The molecule has 2 heterocycles. The third kappa shape index (κ3) is 3.34. The Morgan fingerprint density at radius 3 is 2.54 bits per heavy atom. The standard InChI is InChI=1S/C20H18N4O3S/c1-25-13-8-9-16(17(12-13)28-3)27-19-11-10-18-21-22-20(24(18)23-19)14-6-4-5-7-15(14)26-2/h4-12H,1-3H3. The van der Waals surface area contributed by atoms with E-state index in [0.29, 0.717) is 28.9 Å². The van der Waals surface area contributed by atoms with Crippen molar-refractivity contribution in [3.8, 4) is 34.5 Å². The molecule has 28 heavy (non-hydrogen) atoms. The van der Waals surface area contributed by atoms with Crippen LogP contribution < -0.4 is 14.2 Å². The van der Waals surface area contributed by atoms with Crippen LogP contribution in [0.4, 0.5) is 0 Å². The molecule has 8 heteroatoms. The summed E-state index contributed by atoms with van der Waals surface area (Å²) >= 11 is 1.57.